The van der Waals surface area contributed by atoms with Gasteiger partial charge in [0.2, 0.25) is 5.89 Å². The van der Waals surface area contributed by atoms with Crippen molar-refractivity contribution >= 4 is 11.1 Å². The summed E-state index contributed by atoms with van der Waals surface area (Å²) in [5.74, 6) is 1.56. The van der Waals surface area contributed by atoms with Crippen LogP contribution in [-0.2, 0) is 6.42 Å². The summed E-state index contributed by atoms with van der Waals surface area (Å²) in [6.07, 6.45) is 22.6. The minimum atomic E-state index is 0.650. The topological polar surface area (TPSA) is 35.3 Å². The van der Waals surface area contributed by atoms with Gasteiger partial charge in [-0.15, -0.1) is 0 Å². The van der Waals surface area contributed by atoms with Crippen LogP contribution in [0.4, 0.5) is 0 Å². The van der Waals surface area contributed by atoms with Crippen LogP contribution < -0.4 is 4.74 Å². The van der Waals surface area contributed by atoms with Crippen LogP contribution in [0.2, 0.25) is 0 Å². The highest BCUT2D eigenvalue weighted by Crippen LogP contribution is 2.30. The van der Waals surface area contributed by atoms with E-state index in [0.717, 1.165) is 35.4 Å². The number of nitrogens with zero attached hydrogens (tertiary/aromatic N) is 1. The fourth-order valence-electron chi connectivity index (χ4n) is 5.68. The lowest BCUT2D eigenvalue weighted by atomic mass is 10.0. The number of unbranched alkanes of at least 4 members (excludes halogenated alkanes) is 14. The van der Waals surface area contributed by atoms with Crippen LogP contribution in [0.15, 0.2) is 71.1 Å². The molecule has 0 amide bonds. The molecule has 0 fully saturated rings. The molecule has 3 heteroatoms. The molecule has 1 aromatic heterocycles. The van der Waals surface area contributed by atoms with Crippen molar-refractivity contribution in [1.29, 1.82) is 0 Å². The van der Waals surface area contributed by atoms with Crippen LogP contribution in [0.1, 0.15) is 122 Å². The predicted octanol–water partition coefficient (Wildman–Crippen LogP) is 12.4. The Morgan fingerprint density at radius 3 is 1.74 bits per heavy atom. The molecule has 0 aliphatic rings. The van der Waals surface area contributed by atoms with E-state index in [1.54, 1.807) is 0 Å². The molecule has 0 radical (unpaired) electrons. The van der Waals surface area contributed by atoms with Crippen LogP contribution >= 0.6 is 0 Å². The number of aromatic nitrogens is 1. The molecule has 0 spiro atoms. The number of oxazole rings is 1. The van der Waals surface area contributed by atoms with Gasteiger partial charge in [-0.25, -0.2) is 4.98 Å². The van der Waals surface area contributed by atoms with Crippen molar-refractivity contribution < 1.29 is 9.15 Å². The van der Waals surface area contributed by atoms with Gasteiger partial charge in [0.25, 0.3) is 0 Å². The highest BCUT2D eigenvalue weighted by atomic mass is 16.5. The molecule has 0 atom stereocenters. The Hall–Kier alpha value is -3.07. The number of aryl methyl sites for hydroxylation is 1. The Kier molecular flexibility index (Phi) is 14.0. The van der Waals surface area contributed by atoms with Crippen molar-refractivity contribution in [2.75, 3.05) is 6.61 Å². The van der Waals surface area contributed by atoms with Crippen LogP contribution in [0.3, 0.4) is 0 Å². The minimum absolute atomic E-state index is 0.650. The summed E-state index contributed by atoms with van der Waals surface area (Å²) < 4.78 is 12.1. The SMILES string of the molecule is CCCCCCCCCCOc1ccc(-c2nc3cc(-c4ccc(CCCCCCCCCC)cc4)ccc3o2)cc1. The Morgan fingerprint density at radius 1 is 0.548 bits per heavy atom. The van der Waals surface area contributed by atoms with Gasteiger partial charge in [0.1, 0.15) is 11.3 Å². The second-order valence-corrected chi connectivity index (χ2v) is 12.0. The third kappa shape index (κ3) is 10.6. The van der Waals surface area contributed by atoms with Gasteiger partial charge in [0, 0.05) is 5.56 Å². The van der Waals surface area contributed by atoms with E-state index < -0.39 is 0 Å². The maximum Gasteiger partial charge on any atom is 0.227 e. The zero-order valence-corrected chi connectivity index (χ0v) is 26.3. The van der Waals surface area contributed by atoms with Crippen molar-refractivity contribution in [3.05, 3.63) is 72.3 Å². The molecule has 3 aromatic carbocycles. The lowest BCUT2D eigenvalue weighted by Crippen LogP contribution is -1.97. The van der Waals surface area contributed by atoms with Gasteiger partial charge in [-0.3, -0.25) is 0 Å². The molecule has 4 rings (SSSR count). The van der Waals surface area contributed by atoms with Gasteiger partial charge in [-0.1, -0.05) is 134 Å². The summed E-state index contributed by atoms with van der Waals surface area (Å²) >= 11 is 0. The lowest BCUT2D eigenvalue weighted by molar-refractivity contribution is 0.304. The molecular formula is C39H53NO2. The highest BCUT2D eigenvalue weighted by Gasteiger charge is 2.10. The van der Waals surface area contributed by atoms with Crippen molar-refractivity contribution in [2.45, 2.75) is 123 Å². The summed E-state index contributed by atoms with van der Waals surface area (Å²) in [4.78, 5) is 4.81. The predicted molar refractivity (Wildman–Crippen MR) is 179 cm³/mol. The van der Waals surface area contributed by atoms with E-state index in [1.165, 1.54) is 119 Å². The lowest BCUT2D eigenvalue weighted by Gasteiger charge is -2.06. The molecule has 4 aromatic rings. The quantitative estimate of drug-likeness (QED) is 0.0939. The van der Waals surface area contributed by atoms with Gasteiger partial charge in [-0.2, -0.15) is 0 Å². The van der Waals surface area contributed by atoms with Gasteiger partial charge < -0.3 is 9.15 Å². The second kappa shape index (κ2) is 18.5. The highest BCUT2D eigenvalue weighted by molar-refractivity contribution is 5.82. The number of fused-ring (bicyclic) bond motifs is 1. The Bertz CT molecular complexity index is 1270. The summed E-state index contributed by atoms with van der Waals surface area (Å²) in [6, 6.07) is 23.5. The Balaban J connectivity index is 1.22. The maximum absolute atomic E-state index is 6.10. The molecule has 0 N–H and O–H groups in total. The zero-order valence-electron chi connectivity index (χ0n) is 26.3. The molecule has 0 bridgehead atoms. The third-order valence-electron chi connectivity index (χ3n) is 8.36. The number of hydrogen-bond acceptors (Lipinski definition) is 3. The summed E-state index contributed by atoms with van der Waals surface area (Å²) in [7, 11) is 0. The third-order valence-corrected chi connectivity index (χ3v) is 8.36. The average molecular weight is 568 g/mol. The molecule has 226 valence electrons. The Labute approximate surface area is 255 Å². The van der Waals surface area contributed by atoms with Crippen molar-refractivity contribution in [3.63, 3.8) is 0 Å². The standard InChI is InChI=1S/C39H53NO2/c1-3-5-7-9-11-13-15-17-19-32-20-22-33(23-21-32)35-26-29-38-37(31-35)40-39(42-38)34-24-27-36(28-25-34)41-30-18-16-14-12-10-8-6-4-2/h20-29,31H,3-19,30H2,1-2H3. The van der Waals surface area contributed by atoms with E-state index in [0.29, 0.717) is 5.89 Å². The molecule has 1 heterocycles. The average Bonchev–Trinajstić information content (AvgIpc) is 3.46. The Morgan fingerprint density at radius 2 is 1.10 bits per heavy atom. The van der Waals surface area contributed by atoms with Gasteiger partial charge in [0.05, 0.1) is 6.61 Å². The van der Waals surface area contributed by atoms with Crippen LogP contribution in [0.25, 0.3) is 33.7 Å². The van der Waals surface area contributed by atoms with E-state index in [9.17, 15) is 0 Å². The number of benzene rings is 3. The minimum Gasteiger partial charge on any atom is -0.494 e. The fraction of sp³-hybridized carbons (Fsp3) is 0.513. The van der Waals surface area contributed by atoms with Crippen LogP contribution in [0.5, 0.6) is 5.75 Å². The van der Waals surface area contributed by atoms with Crippen molar-refractivity contribution in [1.82, 2.24) is 4.98 Å². The van der Waals surface area contributed by atoms with Gasteiger partial charge in [-0.05, 0) is 72.4 Å². The fourth-order valence-corrected chi connectivity index (χ4v) is 5.68. The smallest absolute Gasteiger partial charge is 0.227 e. The molecule has 0 aliphatic heterocycles. The number of ether oxygens (including phenoxy) is 1. The van der Waals surface area contributed by atoms with E-state index in [-0.39, 0.29) is 0 Å². The summed E-state index contributed by atoms with van der Waals surface area (Å²) in [5.41, 5.74) is 6.50. The van der Waals surface area contributed by atoms with E-state index in [4.69, 9.17) is 14.1 Å². The van der Waals surface area contributed by atoms with Crippen molar-refractivity contribution in [2.24, 2.45) is 0 Å². The maximum atomic E-state index is 6.10. The van der Waals surface area contributed by atoms with Gasteiger partial charge in [0.15, 0.2) is 5.58 Å². The van der Waals surface area contributed by atoms with Gasteiger partial charge >= 0.3 is 0 Å². The first-order valence-corrected chi connectivity index (χ1v) is 17.0. The van der Waals surface area contributed by atoms with E-state index in [1.807, 2.05) is 30.3 Å². The largest absolute Gasteiger partial charge is 0.494 e. The first-order valence-electron chi connectivity index (χ1n) is 17.0. The van der Waals surface area contributed by atoms with Crippen LogP contribution in [0, 0.1) is 0 Å². The number of hydrogen-bond donors (Lipinski definition) is 0. The molecule has 42 heavy (non-hydrogen) atoms. The van der Waals surface area contributed by atoms with Crippen LogP contribution in [-0.4, -0.2) is 11.6 Å². The molecular weight excluding hydrogens is 514 g/mol. The monoisotopic (exact) mass is 567 g/mol. The number of rotatable bonds is 21. The summed E-state index contributed by atoms with van der Waals surface area (Å²) in [5, 5.41) is 0. The second-order valence-electron chi connectivity index (χ2n) is 12.0. The molecule has 0 saturated heterocycles. The molecule has 0 unspecified atom stereocenters. The first-order chi connectivity index (χ1) is 20.8. The normalized spacial score (nSPS) is 11.4. The molecule has 0 saturated carbocycles. The molecule has 0 aliphatic carbocycles. The van der Waals surface area contributed by atoms with E-state index >= 15 is 0 Å². The zero-order chi connectivity index (χ0) is 29.2. The van der Waals surface area contributed by atoms with E-state index in [2.05, 4.69) is 50.2 Å². The molecule has 3 nitrogen and oxygen atoms in total. The summed E-state index contributed by atoms with van der Waals surface area (Å²) in [6.45, 7) is 5.33. The van der Waals surface area contributed by atoms with Crippen molar-refractivity contribution in [3.8, 4) is 28.3 Å². The first kappa shape index (κ1) is 31.9.